The van der Waals surface area contributed by atoms with Crippen LogP contribution in [0.2, 0.25) is 0 Å². The van der Waals surface area contributed by atoms with Gasteiger partial charge in [-0.2, -0.15) is 0 Å². The van der Waals surface area contributed by atoms with E-state index in [0.29, 0.717) is 11.8 Å². The molecule has 0 aliphatic rings. The van der Waals surface area contributed by atoms with Crippen LogP contribution in [-0.4, -0.2) is 11.8 Å². The van der Waals surface area contributed by atoms with Gasteiger partial charge in [-0.1, -0.05) is 13.3 Å². The lowest BCUT2D eigenvalue weighted by Gasteiger charge is -2.28. The Bertz CT molecular complexity index is 240. The zero-order chi connectivity index (χ0) is 10.4. The van der Waals surface area contributed by atoms with Crippen LogP contribution in [0.1, 0.15) is 25.3 Å². The predicted octanol–water partition coefficient (Wildman–Crippen LogP) is 4.09. The Morgan fingerprint density at radius 3 is 2.50 bits per heavy atom. The first-order valence-corrected chi connectivity index (χ1v) is 5.96. The fraction of sp³-hybridized carbons (Fsp3) is 0.636. The van der Waals surface area contributed by atoms with Crippen molar-refractivity contribution in [3.63, 3.8) is 0 Å². The van der Waals surface area contributed by atoms with E-state index in [1.165, 1.54) is 5.56 Å². The lowest BCUT2D eigenvalue weighted by atomic mass is 9.82. The summed E-state index contributed by atoms with van der Waals surface area (Å²) in [4.78, 5) is 0. The zero-order valence-electron chi connectivity index (χ0n) is 8.43. The number of rotatable bonds is 6. The van der Waals surface area contributed by atoms with Gasteiger partial charge in [0.1, 0.15) is 0 Å². The van der Waals surface area contributed by atoms with Gasteiger partial charge in [-0.05, 0) is 24.5 Å². The van der Waals surface area contributed by atoms with Crippen LogP contribution in [0.4, 0.5) is 0 Å². The van der Waals surface area contributed by atoms with Gasteiger partial charge < -0.3 is 4.42 Å². The third-order valence-corrected chi connectivity index (χ3v) is 3.64. The Balaban J connectivity index is 2.67. The molecule has 1 rings (SSSR count). The van der Waals surface area contributed by atoms with Gasteiger partial charge in [-0.3, -0.25) is 0 Å². The van der Waals surface area contributed by atoms with Gasteiger partial charge in [0.25, 0.3) is 0 Å². The highest BCUT2D eigenvalue weighted by molar-refractivity contribution is 6.21. The van der Waals surface area contributed by atoms with Gasteiger partial charge in [-0.15, -0.1) is 23.2 Å². The molecule has 14 heavy (non-hydrogen) atoms. The summed E-state index contributed by atoms with van der Waals surface area (Å²) in [6, 6.07) is 1.98. The average Bonchev–Trinajstić information content (AvgIpc) is 2.69. The van der Waals surface area contributed by atoms with E-state index in [2.05, 4.69) is 6.92 Å². The van der Waals surface area contributed by atoms with Crippen LogP contribution < -0.4 is 0 Å². The van der Waals surface area contributed by atoms with E-state index in [0.717, 1.165) is 19.3 Å². The first-order chi connectivity index (χ1) is 6.76. The first kappa shape index (κ1) is 11.9. The van der Waals surface area contributed by atoms with E-state index in [9.17, 15) is 0 Å². The summed E-state index contributed by atoms with van der Waals surface area (Å²) < 4.78 is 5.04. The van der Waals surface area contributed by atoms with Crippen molar-refractivity contribution < 1.29 is 4.42 Å². The predicted molar refractivity (Wildman–Crippen MR) is 61.2 cm³/mol. The maximum atomic E-state index is 6.01. The standard InChI is InChI=1S/C11H16Cl2O/c1-2-4-11(8-12,9-13)6-10-3-5-14-7-10/h3,5,7H,2,4,6,8-9H2,1H3. The summed E-state index contributed by atoms with van der Waals surface area (Å²) >= 11 is 12.0. The van der Waals surface area contributed by atoms with Crippen LogP contribution in [0.5, 0.6) is 0 Å². The molecule has 0 fully saturated rings. The van der Waals surface area contributed by atoms with Crippen molar-refractivity contribution >= 4 is 23.2 Å². The molecule has 0 aromatic carbocycles. The Morgan fingerprint density at radius 2 is 2.07 bits per heavy atom. The fourth-order valence-electron chi connectivity index (χ4n) is 1.71. The number of hydrogen-bond acceptors (Lipinski definition) is 1. The van der Waals surface area contributed by atoms with Crippen LogP contribution in [0.25, 0.3) is 0 Å². The van der Waals surface area contributed by atoms with Crippen LogP contribution in [0, 0.1) is 5.41 Å². The minimum Gasteiger partial charge on any atom is -0.472 e. The normalized spacial score (nSPS) is 11.9. The fourth-order valence-corrected chi connectivity index (χ4v) is 2.45. The highest BCUT2D eigenvalue weighted by Crippen LogP contribution is 2.31. The van der Waals surface area contributed by atoms with Crippen molar-refractivity contribution in [3.05, 3.63) is 24.2 Å². The highest BCUT2D eigenvalue weighted by atomic mass is 35.5. The molecular formula is C11H16Cl2O. The van der Waals surface area contributed by atoms with Crippen LogP contribution in [0.15, 0.2) is 23.0 Å². The third-order valence-electron chi connectivity index (χ3n) is 2.51. The molecule has 80 valence electrons. The Kier molecular flexibility index (Phi) is 4.83. The molecular weight excluding hydrogens is 219 g/mol. The summed E-state index contributed by atoms with van der Waals surface area (Å²) in [6.45, 7) is 2.16. The van der Waals surface area contributed by atoms with Crippen molar-refractivity contribution in [2.75, 3.05) is 11.8 Å². The minimum absolute atomic E-state index is 0.0295. The molecule has 0 aliphatic heterocycles. The molecule has 0 unspecified atom stereocenters. The van der Waals surface area contributed by atoms with Crippen LogP contribution >= 0.6 is 23.2 Å². The summed E-state index contributed by atoms with van der Waals surface area (Å²) in [5, 5.41) is 0. The summed E-state index contributed by atoms with van der Waals surface area (Å²) in [6.07, 6.45) is 6.53. The average molecular weight is 235 g/mol. The minimum atomic E-state index is 0.0295. The van der Waals surface area contributed by atoms with Crippen molar-refractivity contribution in [1.29, 1.82) is 0 Å². The van der Waals surface area contributed by atoms with Gasteiger partial charge in [0.15, 0.2) is 0 Å². The molecule has 0 atom stereocenters. The van der Waals surface area contributed by atoms with E-state index in [-0.39, 0.29) is 5.41 Å². The lowest BCUT2D eigenvalue weighted by molar-refractivity contribution is 0.340. The van der Waals surface area contributed by atoms with E-state index < -0.39 is 0 Å². The number of furan rings is 1. The second-order valence-electron chi connectivity index (χ2n) is 3.83. The molecule has 0 amide bonds. The summed E-state index contributed by atoms with van der Waals surface area (Å²) in [5.41, 5.74) is 1.21. The molecule has 0 spiro atoms. The van der Waals surface area contributed by atoms with Gasteiger partial charge in [-0.25, -0.2) is 0 Å². The topological polar surface area (TPSA) is 13.1 Å². The molecule has 1 aromatic heterocycles. The van der Waals surface area contributed by atoms with E-state index >= 15 is 0 Å². The van der Waals surface area contributed by atoms with Crippen molar-refractivity contribution in [2.45, 2.75) is 26.2 Å². The Labute approximate surface area is 95.4 Å². The molecule has 0 saturated heterocycles. The monoisotopic (exact) mass is 234 g/mol. The number of hydrogen-bond donors (Lipinski definition) is 0. The van der Waals surface area contributed by atoms with E-state index in [1.54, 1.807) is 12.5 Å². The maximum Gasteiger partial charge on any atom is 0.0934 e. The molecule has 0 bridgehead atoms. The maximum absolute atomic E-state index is 6.01. The Morgan fingerprint density at radius 1 is 1.36 bits per heavy atom. The number of halogens is 2. The van der Waals surface area contributed by atoms with Gasteiger partial charge in [0.2, 0.25) is 0 Å². The molecule has 1 nitrogen and oxygen atoms in total. The molecule has 0 N–H and O–H groups in total. The molecule has 0 aliphatic carbocycles. The third kappa shape index (κ3) is 2.93. The summed E-state index contributed by atoms with van der Waals surface area (Å²) in [5.74, 6) is 1.21. The molecule has 1 aromatic rings. The van der Waals surface area contributed by atoms with E-state index in [1.807, 2.05) is 6.07 Å². The number of alkyl halides is 2. The van der Waals surface area contributed by atoms with Crippen LogP contribution in [-0.2, 0) is 6.42 Å². The lowest BCUT2D eigenvalue weighted by Crippen LogP contribution is -2.27. The van der Waals surface area contributed by atoms with Gasteiger partial charge in [0.05, 0.1) is 12.5 Å². The Hall–Kier alpha value is -0.140. The van der Waals surface area contributed by atoms with Gasteiger partial charge >= 0.3 is 0 Å². The smallest absolute Gasteiger partial charge is 0.0934 e. The second-order valence-corrected chi connectivity index (χ2v) is 4.36. The highest BCUT2D eigenvalue weighted by Gasteiger charge is 2.28. The summed E-state index contributed by atoms with van der Waals surface area (Å²) in [7, 11) is 0. The largest absolute Gasteiger partial charge is 0.472 e. The van der Waals surface area contributed by atoms with E-state index in [4.69, 9.17) is 27.6 Å². The van der Waals surface area contributed by atoms with Crippen LogP contribution in [0.3, 0.4) is 0 Å². The first-order valence-electron chi connectivity index (χ1n) is 4.89. The molecule has 1 heterocycles. The molecule has 0 radical (unpaired) electrons. The van der Waals surface area contributed by atoms with Crippen molar-refractivity contribution in [3.8, 4) is 0 Å². The quantitative estimate of drug-likeness (QED) is 0.677. The second kappa shape index (κ2) is 5.67. The zero-order valence-corrected chi connectivity index (χ0v) is 9.94. The van der Waals surface area contributed by atoms with Crippen molar-refractivity contribution in [1.82, 2.24) is 0 Å². The molecule has 0 saturated carbocycles. The molecule has 3 heteroatoms. The van der Waals surface area contributed by atoms with Crippen molar-refractivity contribution in [2.24, 2.45) is 5.41 Å². The van der Waals surface area contributed by atoms with Gasteiger partial charge in [0, 0.05) is 17.2 Å². The SMILES string of the molecule is CCCC(CCl)(CCl)Cc1ccoc1.